The van der Waals surface area contributed by atoms with Crippen molar-refractivity contribution < 1.29 is 23.1 Å². The molecule has 6 heteroatoms. The highest BCUT2D eigenvalue weighted by Crippen LogP contribution is 2.25. The smallest absolute Gasteiger partial charge is 0.387 e. The molecule has 1 atom stereocenters. The molecule has 2 aromatic rings. The van der Waals surface area contributed by atoms with Crippen LogP contribution in [0.15, 0.2) is 54.6 Å². The number of amides is 1. The van der Waals surface area contributed by atoms with Crippen LogP contribution in [0.4, 0.5) is 8.78 Å². The van der Waals surface area contributed by atoms with E-state index in [2.05, 4.69) is 4.74 Å². The van der Waals surface area contributed by atoms with Crippen molar-refractivity contribution in [2.75, 3.05) is 13.1 Å². The maximum Gasteiger partial charge on any atom is 0.387 e. The molecule has 3 rings (SSSR count). The number of likely N-dealkylation sites (tertiary alicyclic amines) is 1. The van der Waals surface area contributed by atoms with Crippen LogP contribution in [0.25, 0.3) is 0 Å². The van der Waals surface area contributed by atoms with Gasteiger partial charge < -0.3 is 9.64 Å². The number of halogens is 2. The highest BCUT2D eigenvalue weighted by Gasteiger charge is 2.30. The third-order valence-corrected chi connectivity index (χ3v) is 4.72. The number of Topliss-reactive ketones (excluding diaryl/α,β-unsaturated/α-hetero) is 1. The molecule has 1 unspecified atom stereocenters. The van der Waals surface area contributed by atoms with Crippen LogP contribution >= 0.6 is 0 Å². The Kier molecular flexibility index (Phi) is 6.16. The van der Waals surface area contributed by atoms with Crippen molar-refractivity contribution >= 4 is 11.7 Å². The molecule has 0 saturated carbocycles. The summed E-state index contributed by atoms with van der Waals surface area (Å²) < 4.78 is 29.6. The van der Waals surface area contributed by atoms with Crippen LogP contribution in [0.3, 0.4) is 0 Å². The first-order chi connectivity index (χ1) is 13.0. The van der Waals surface area contributed by atoms with E-state index in [4.69, 9.17) is 0 Å². The summed E-state index contributed by atoms with van der Waals surface area (Å²) in [6.07, 6.45) is 1.76. The van der Waals surface area contributed by atoms with Gasteiger partial charge in [0.05, 0.1) is 5.56 Å². The fourth-order valence-corrected chi connectivity index (χ4v) is 3.38. The van der Waals surface area contributed by atoms with Gasteiger partial charge >= 0.3 is 6.61 Å². The minimum absolute atomic E-state index is 0.0916. The van der Waals surface area contributed by atoms with E-state index in [9.17, 15) is 18.4 Å². The molecule has 0 aliphatic carbocycles. The standard InChI is InChI=1S/C21H21F2NO3/c22-21(23)27-19-11-5-4-10-17(19)20(26)24-12-6-9-16(14-24)18(25)13-15-7-2-1-3-8-15/h1-5,7-8,10-11,16,21H,6,9,12-14H2. The number of piperidine rings is 1. The van der Waals surface area contributed by atoms with Crippen molar-refractivity contribution in [1.29, 1.82) is 0 Å². The molecule has 0 spiro atoms. The summed E-state index contributed by atoms with van der Waals surface area (Å²) in [7, 11) is 0. The average Bonchev–Trinajstić information content (AvgIpc) is 2.68. The fourth-order valence-electron chi connectivity index (χ4n) is 3.38. The Morgan fingerprint density at radius 2 is 1.78 bits per heavy atom. The topological polar surface area (TPSA) is 46.6 Å². The Hall–Kier alpha value is -2.76. The number of ether oxygens (including phenoxy) is 1. The first-order valence-corrected chi connectivity index (χ1v) is 8.94. The maximum absolute atomic E-state index is 12.8. The van der Waals surface area contributed by atoms with Gasteiger partial charge in [0.15, 0.2) is 0 Å². The molecule has 1 fully saturated rings. The van der Waals surface area contributed by atoms with E-state index in [0.717, 1.165) is 12.0 Å². The molecule has 0 bridgehead atoms. The number of alkyl halides is 2. The number of para-hydroxylation sites is 1. The number of benzene rings is 2. The number of nitrogens with zero attached hydrogens (tertiary/aromatic N) is 1. The highest BCUT2D eigenvalue weighted by atomic mass is 19.3. The molecule has 1 aliphatic rings. The Morgan fingerprint density at radius 3 is 2.52 bits per heavy atom. The first kappa shape index (κ1) is 19.0. The minimum atomic E-state index is -3.00. The predicted molar refractivity (Wildman–Crippen MR) is 96.9 cm³/mol. The molecular formula is C21H21F2NO3. The number of hydrogen-bond donors (Lipinski definition) is 0. The van der Waals surface area contributed by atoms with E-state index in [-0.39, 0.29) is 28.9 Å². The fraction of sp³-hybridized carbons (Fsp3) is 0.333. The zero-order chi connectivity index (χ0) is 19.2. The molecule has 4 nitrogen and oxygen atoms in total. The van der Waals surface area contributed by atoms with Crippen LogP contribution in [0.2, 0.25) is 0 Å². The predicted octanol–water partition coefficient (Wildman–Crippen LogP) is 3.95. The lowest BCUT2D eigenvalue weighted by Crippen LogP contribution is -2.42. The third kappa shape index (κ3) is 4.90. The van der Waals surface area contributed by atoms with Crippen LogP contribution in [-0.4, -0.2) is 36.3 Å². The number of ketones is 1. The molecule has 1 saturated heterocycles. The van der Waals surface area contributed by atoms with Crippen molar-refractivity contribution in [3.05, 3.63) is 65.7 Å². The van der Waals surface area contributed by atoms with Gasteiger partial charge in [-0.15, -0.1) is 0 Å². The van der Waals surface area contributed by atoms with Crippen LogP contribution in [0, 0.1) is 5.92 Å². The highest BCUT2D eigenvalue weighted by molar-refractivity contribution is 5.97. The van der Waals surface area contributed by atoms with Crippen molar-refractivity contribution in [2.24, 2.45) is 5.92 Å². The SMILES string of the molecule is O=C(Cc1ccccc1)C1CCCN(C(=O)c2ccccc2OC(F)F)C1. The van der Waals surface area contributed by atoms with Gasteiger partial charge in [-0.25, -0.2) is 0 Å². The zero-order valence-corrected chi connectivity index (χ0v) is 14.8. The number of rotatable bonds is 6. The molecule has 1 amide bonds. The second-order valence-electron chi connectivity index (χ2n) is 6.59. The van der Waals surface area contributed by atoms with Gasteiger partial charge in [0.1, 0.15) is 11.5 Å². The normalized spacial score (nSPS) is 17.0. The lowest BCUT2D eigenvalue weighted by molar-refractivity contribution is -0.123. The lowest BCUT2D eigenvalue weighted by atomic mass is 9.90. The van der Waals surface area contributed by atoms with E-state index in [0.29, 0.717) is 25.9 Å². The number of carbonyl (C=O) groups excluding carboxylic acids is 2. The van der Waals surface area contributed by atoms with Gasteiger partial charge in [0.25, 0.3) is 5.91 Å². The Labute approximate surface area is 156 Å². The van der Waals surface area contributed by atoms with Crippen molar-refractivity contribution in [2.45, 2.75) is 25.9 Å². The molecule has 1 heterocycles. The van der Waals surface area contributed by atoms with E-state index in [1.54, 1.807) is 11.0 Å². The maximum atomic E-state index is 12.8. The van der Waals surface area contributed by atoms with E-state index >= 15 is 0 Å². The lowest BCUT2D eigenvalue weighted by Gasteiger charge is -2.32. The van der Waals surface area contributed by atoms with Crippen LogP contribution in [0.1, 0.15) is 28.8 Å². The Balaban J connectivity index is 1.69. The summed E-state index contributed by atoms with van der Waals surface area (Å²) in [6.45, 7) is -2.20. The van der Waals surface area contributed by atoms with Gasteiger partial charge in [-0.1, -0.05) is 42.5 Å². The molecule has 27 heavy (non-hydrogen) atoms. The van der Waals surface area contributed by atoms with Crippen LogP contribution in [0.5, 0.6) is 5.75 Å². The second-order valence-corrected chi connectivity index (χ2v) is 6.59. The largest absolute Gasteiger partial charge is 0.434 e. The molecule has 1 aliphatic heterocycles. The monoisotopic (exact) mass is 373 g/mol. The number of carbonyl (C=O) groups is 2. The third-order valence-electron chi connectivity index (χ3n) is 4.72. The summed E-state index contributed by atoms with van der Waals surface area (Å²) in [5.74, 6) is -0.680. The molecule has 0 N–H and O–H groups in total. The van der Waals surface area contributed by atoms with Crippen molar-refractivity contribution in [1.82, 2.24) is 4.90 Å². The van der Waals surface area contributed by atoms with E-state index in [1.165, 1.54) is 18.2 Å². The quantitative estimate of drug-likeness (QED) is 0.770. The first-order valence-electron chi connectivity index (χ1n) is 8.94. The van der Waals surface area contributed by atoms with Crippen molar-refractivity contribution in [3.63, 3.8) is 0 Å². The van der Waals surface area contributed by atoms with Crippen LogP contribution < -0.4 is 4.74 Å². The Morgan fingerprint density at radius 1 is 1.07 bits per heavy atom. The molecule has 142 valence electrons. The average molecular weight is 373 g/mol. The summed E-state index contributed by atoms with van der Waals surface area (Å²) in [5.41, 5.74) is 1.04. The van der Waals surface area contributed by atoms with E-state index < -0.39 is 6.61 Å². The number of hydrogen-bond acceptors (Lipinski definition) is 3. The summed E-state index contributed by atoms with van der Waals surface area (Å²) in [4.78, 5) is 27.0. The van der Waals surface area contributed by atoms with Gasteiger partial charge in [0.2, 0.25) is 0 Å². The minimum Gasteiger partial charge on any atom is -0.434 e. The van der Waals surface area contributed by atoms with Gasteiger partial charge in [-0.05, 0) is 30.5 Å². The van der Waals surface area contributed by atoms with Crippen molar-refractivity contribution in [3.8, 4) is 5.75 Å². The Bertz CT molecular complexity index is 795. The second kappa shape index (κ2) is 8.75. The zero-order valence-electron chi connectivity index (χ0n) is 14.8. The van der Waals surface area contributed by atoms with Crippen LogP contribution in [-0.2, 0) is 11.2 Å². The van der Waals surface area contributed by atoms with E-state index in [1.807, 2.05) is 30.3 Å². The summed E-state index contributed by atoms with van der Waals surface area (Å²) in [6, 6.07) is 15.4. The molecule has 0 aromatic heterocycles. The molecular weight excluding hydrogens is 352 g/mol. The molecule has 2 aromatic carbocycles. The molecule has 0 radical (unpaired) electrons. The van der Waals surface area contributed by atoms with Gasteiger partial charge in [-0.3, -0.25) is 9.59 Å². The summed E-state index contributed by atoms with van der Waals surface area (Å²) >= 11 is 0. The summed E-state index contributed by atoms with van der Waals surface area (Å²) in [5, 5.41) is 0. The van der Waals surface area contributed by atoms with Gasteiger partial charge in [0, 0.05) is 25.4 Å². The van der Waals surface area contributed by atoms with Gasteiger partial charge in [-0.2, -0.15) is 8.78 Å².